The van der Waals surface area contributed by atoms with Gasteiger partial charge in [0.25, 0.3) is 0 Å². The second kappa shape index (κ2) is 3.27. The van der Waals surface area contributed by atoms with Crippen LogP contribution in [-0.4, -0.2) is 14.9 Å². The molecule has 0 aliphatic rings. The number of benzene rings is 1. The van der Waals surface area contributed by atoms with Gasteiger partial charge in [-0.15, -0.1) is 0 Å². The van der Waals surface area contributed by atoms with Crippen LogP contribution in [0.3, 0.4) is 0 Å². The molecule has 0 heterocycles. The second-order valence-electron chi connectivity index (χ2n) is 2.49. The van der Waals surface area contributed by atoms with Crippen molar-refractivity contribution < 1.29 is 19.5 Å². The molecule has 0 saturated heterocycles. The van der Waals surface area contributed by atoms with Crippen LogP contribution < -0.4 is 0 Å². The fourth-order valence-corrected chi connectivity index (χ4v) is 1.53. The number of aromatic hydroxyl groups is 1. The summed E-state index contributed by atoms with van der Waals surface area (Å²) < 4.78 is 10.5. The van der Waals surface area contributed by atoms with Crippen LogP contribution in [0.15, 0.2) is 24.3 Å². The third-order valence-corrected chi connectivity index (χ3v) is 2.10. The van der Waals surface area contributed by atoms with Gasteiger partial charge in [-0.05, 0) is 17.7 Å². The summed E-state index contributed by atoms with van der Waals surface area (Å²) in [6.07, 6.45) is -0.284. The van der Waals surface area contributed by atoms with E-state index in [4.69, 9.17) is 14.9 Å². The first-order valence-corrected chi connectivity index (χ1v) is 5.09. The van der Waals surface area contributed by atoms with Gasteiger partial charge in [-0.2, -0.15) is 0 Å². The molecule has 0 aromatic heterocycles. The summed E-state index contributed by atoms with van der Waals surface area (Å²) in [7, 11) is -3.98. The zero-order valence-electron chi connectivity index (χ0n) is 6.21. The molecule has 0 amide bonds. The highest BCUT2D eigenvalue weighted by molar-refractivity contribution is 7.50. The Labute approximate surface area is 69.6 Å². The molecule has 0 saturated carbocycles. The number of phenolic OH excluding ortho intramolecular Hbond substituents is 1. The van der Waals surface area contributed by atoms with Crippen LogP contribution in [0.2, 0.25) is 0 Å². The van der Waals surface area contributed by atoms with Gasteiger partial charge < -0.3 is 14.9 Å². The van der Waals surface area contributed by atoms with Crippen molar-refractivity contribution in [3.05, 3.63) is 29.8 Å². The van der Waals surface area contributed by atoms with Gasteiger partial charge in [-0.3, -0.25) is 4.57 Å². The summed E-state index contributed by atoms with van der Waals surface area (Å²) in [5.41, 5.74) is 0.515. The van der Waals surface area contributed by atoms with E-state index in [1.165, 1.54) is 24.3 Å². The monoisotopic (exact) mass is 188 g/mol. The van der Waals surface area contributed by atoms with Gasteiger partial charge >= 0.3 is 7.60 Å². The maximum atomic E-state index is 10.5. The fraction of sp³-hybridized carbons (Fsp3) is 0.143. The molecular weight excluding hydrogens is 179 g/mol. The molecule has 66 valence electrons. The van der Waals surface area contributed by atoms with Crippen LogP contribution in [0, 0.1) is 0 Å². The Bertz CT molecular complexity index is 300. The van der Waals surface area contributed by atoms with E-state index in [2.05, 4.69) is 0 Å². The van der Waals surface area contributed by atoms with Crippen LogP contribution in [-0.2, 0) is 10.7 Å². The predicted octanol–water partition coefficient (Wildman–Crippen LogP) is 1.07. The Morgan fingerprint density at radius 2 is 1.67 bits per heavy atom. The summed E-state index contributed by atoms with van der Waals surface area (Å²) in [6.45, 7) is 0. The average Bonchev–Trinajstić information content (AvgIpc) is 1.91. The highest BCUT2D eigenvalue weighted by atomic mass is 31.2. The molecule has 4 nitrogen and oxygen atoms in total. The zero-order valence-corrected chi connectivity index (χ0v) is 7.11. The van der Waals surface area contributed by atoms with Gasteiger partial charge in [0.05, 0.1) is 6.16 Å². The van der Waals surface area contributed by atoms with Gasteiger partial charge in [0.2, 0.25) is 0 Å². The summed E-state index contributed by atoms with van der Waals surface area (Å²) in [4.78, 5) is 17.2. The van der Waals surface area contributed by atoms with E-state index in [1.807, 2.05) is 0 Å². The van der Waals surface area contributed by atoms with Gasteiger partial charge in [0, 0.05) is 0 Å². The maximum Gasteiger partial charge on any atom is 0.329 e. The molecule has 5 heteroatoms. The Hall–Kier alpha value is -0.830. The number of phenols is 1. The summed E-state index contributed by atoms with van der Waals surface area (Å²) in [6, 6.07) is 5.75. The lowest BCUT2D eigenvalue weighted by molar-refractivity contribution is 0.371. The molecule has 0 unspecified atom stereocenters. The molecule has 0 fully saturated rings. The molecule has 0 aliphatic heterocycles. The molecule has 0 radical (unpaired) electrons. The molecule has 0 spiro atoms. The van der Waals surface area contributed by atoms with Crippen molar-refractivity contribution in [3.8, 4) is 5.75 Å². The van der Waals surface area contributed by atoms with Crippen molar-refractivity contribution in [3.63, 3.8) is 0 Å². The SMILES string of the molecule is O=P(O)(O)Cc1ccc(O)cc1. The molecule has 12 heavy (non-hydrogen) atoms. The summed E-state index contributed by atoms with van der Waals surface area (Å²) >= 11 is 0. The van der Waals surface area contributed by atoms with Crippen molar-refractivity contribution in [2.75, 3.05) is 0 Å². The molecule has 0 atom stereocenters. The number of rotatable bonds is 2. The minimum Gasteiger partial charge on any atom is -0.508 e. The van der Waals surface area contributed by atoms with E-state index >= 15 is 0 Å². The highest BCUT2D eigenvalue weighted by Crippen LogP contribution is 2.39. The maximum absolute atomic E-state index is 10.5. The van der Waals surface area contributed by atoms with Gasteiger partial charge in [0.15, 0.2) is 0 Å². The first kappa shape index (κ1) is 9.26. The molecule has 1 rings (SSSR count). The third-order valence-electron chi connectivity index (χ3n) is 1.32. The molecule has 0 bridgehead atoms. The van der Waals surface area contributed by atoms with Crippen LogP contribution in [0.1, 0.15) is 5.56 Å². The van der Waals surface area contributed by atoms with E-state index in [0.717, 1.165) is 0 Å². The standard InChI is InChI=1S/C7H9O4P/c8-7-3-1-6(2-4-7)5-12(9,10)11/h1-4,8H,5H2,(H2,9,10,11). The van der Waals surface area contributed by atoms with Crippen molar-refractivity contribution in [1.82, 2.24) is 0 Å². The fourth-order valence-electron chi connectivity index (χ4n) is 0.839. The first-order chi connectivity index (χ1) is 5.47. The Balaban J connectivity index is 2.78. The Morgan fingerprint density at radius 1 is 1.17 bits per heavy atom. The molecule has 1 aromatic rings. The van der Waals surface area contributed by atoms with Crippen molar-refractivity contribution in [2.45, 2.75) is 6.16 Å². The zero-order chi connectivity index (χ0) is 9.19. The molecule has 0 aliphatic carbocycles. The van der Waals surface area contributed by atoms with Crippen LogP contribution in [0.4, 0.5) is 0 Å². The quantitative estimate of drug-likeness (QED) is 0.606. The van der Waals surface area contributed by atoms with E-state index in [-0.39, 0.29) is 11.9 Å². The predicted molar refractivity (Wildman–Crippen MR) is 43.9 cm³/mol. The Morgan fingerprint density at radius 3 is 2.08 bits per heavy atom. The molecular formula is C7H9O4P. The lowest BCUT2D eigenvalue weighted by Gasteiger charge is -2.02. The van der Waals surface area contributed by atoms with Gasteiger partial charge in [0.1, 0.15) is 5.75 Å². The van der Waals surface area contributed by atoms with Crippen molar-refractivity contribution in [2.24, 2.45) is 0 Å². The average molecular weight is 188 g/mol. The topological polar surface area (TPSA) is 77.8 Å². The normalized spacial score (nSPS) is 11.5. The van der Waals surface area contributed by atoms with E-state index < -0.39 is 7.60 Å². The first-order valence-electron chi connectivity index (χ1n) is 3.30. The van der Waals surface area contributed by atoms with Crippen molar-refractivity contribution >= 4 is 7.60 Å². The number of hydrogen-bond donors (Lipinski definition) is 3. The van der Waals surface area contributed by atoms with Crippen molar-refractivity contribution in [1.29, 1.82) is 0 Å². The summed E-state index contributed by atoms with van der Waals surface area (Å²) in [5.74, 6) is 0.0875. The minimum absolute atomic E-state index is 0.0875. The summed E-state index contributed by atoms with van der Waals surface area (Å²) in [5, 5.41) is 8.86. The van der Waals surface area contributed by atoms with Gasteiger partial charge in [-0.1, -0.05) is 12.1 Å². The van der Waals surface area contributed by atoms with Crippen LogP contribution in [0.5, 0.6) is 5.75 Å². The second-order valence-corrected chi connectivity index (χ2v) is 4.13. The van der Waals surface area contributed by atoms with E-state index in [1.54, 1.807) is 0 Å². The number of hydrogen-bond acceptors (Lipinski definition) is 2. The Kier molecular flexibility index (Phi) is 2.52. The van der Waals surface area contributed by atoms with E-state index in [0.29, 0.717) is 5.56 Å². The largest absolute Gasteiger partial charge is 0.508 e. The van der Waals surface area contributed by atoms with Crippen LogP contribution in [0.25, 0.3) is 0 Å². The lowest BCUT2D eigenvalue weighted by Crippen LogP contribution is -1.85. The highest BCUT2D eigenvalue weighted by Gasteiger charge is 2.13. The third kappa shape index (κ3) is 3.05. The molecule has 1 aromatic carbocycles. The lowest BCUT2D eigenvalue weighted by atomic mass is 10.2. The van der Waals surface area contributed by atoms with E-state index in [9.17, 15) is 4.57 Å². The minimum atomic E-state index is -3.98. The van der Waals surface area contributed by atoms with Gasteiger partial charge in [-0.25, -0.2) is 0 Å². The van der Waals surface area contributed by atoms with Crippen LogP contribution >= 0.6 is 7.60 Å². The molecule has 3 N–H and O–H groups in total. The smallest absolute Gasteiger partial charge is 0.329 e.